The molecule has 4 aromatic rings. The van der Waals surface area contributed by atoms with E-state index in [1.54, 1.807) is 16.8 Å². The second-order valence-electron chi connectivity index (χ2n) is 7.06. The first-order valence-corrected chi connectivity index (χ1v) is 10.2. The SMILES string of the molecule is O=C(Nc1nc2n(n1)[C@@H](c1ccccc1Cl)C=C(c1ccccc1)N2)c1ccccc1. The number of allylic oxidation sites excluding steroid dienone is 1. The first-order chi connectivity index (χ1) is 15.2. The van der Waals surface area contributed by atoms with Crippen LogP contribution < -0.4 is 10.6 Å². The summed E-state index contributed by atoms with van der Waals surface area (Å²) in [6.45, 7) is 0. The third kappa shape index (κ3) is 3.81. The number of carbonyl (C=O) groups is 1. The number of anilines is 2. The van der Waals surface area contributed by atoms with Crippen LogP contribution in [-0.4, -0.2) is 20.7 Å². The van der Waals surface area contributed by atoms with Gasteiger partial charge in [-0.05, 0) is 35.4 Å². The lowest BCUT2D eigenvalue weighted by atomic mass is 10.0. The van der Waals surface area contributed by atoms with Crippen LogP contribution >= 0.6 is 11.6 Å². The van der Waals surface area contributed by atoms with E-state index >= 15 is 0 Å². The molecule has 0 radical (unpaired) electrons. The van der Waals surface area contributed by atoms with E-state index < -0.39 is 0 Å². The smallest absolute Gasteiger partial charge is 0.258 e. The lowest BCUT2D eigenvalue weighted by Crippen LogP contribution is -2.20. The highest BCUT2D eigenvalue weighted by Gasteiger charge is 2.27. The Morgan fingerprint density at radius 2 is 1.61 bits per heavy atom. The zero-order chi connectivity index (χ0) is 21.2. The Morgan fingerprint density at radius 1 is 0.935 bits per heavy atom. The standard InChI is InChI=1S/C24H18ClN5O/c25-19-14-8-7-13-18(19)21-15-20(16-9-3-1-4-10-16)26-24-28-23(29-30(21)24)27-22(31)17-11-5-2-6-12-17/h1-15,21H,(H2,26,27,28,29,31)/t21-/m1/s1. The van der Waals surface area contributed by atoms with Crippen LogP contribution in [0.15, 0.2) is 91.0 Å². The predicted octanol–water partition coefficient (Wildman–Crippen LogP) is 5.24. The number of rotatable bonds is 4. The first kappa shape index (κ1) is 19.1. The van der Waals surface area contributed by atoms with Crippen molar-refractivity contribution in [1.82, 2.24) is 14.8 Å². The number of halogens is 1. The number of nitrogens with zero attached hydrogens (tertiary/aromatic N) is 3. The molecule has 152 valence electrons. The Labute approximate surface area is 184 Å². The molecular formula is C24H18ClN5O. The molecule has 0 aliphatic carbocycles. The minimum atomic E-state index is -0.282. The van der Waals surface area contributed by atoms with E-state index in [0.717, 1.165) is 16.8 Å². The fourth-order valence-electron chi connectivity index (χ4n) is 3.53. The normalized spacial score (nSPS) is 14.9. The summed E-state index contributed by atoms with van der Waals surface area (Å²) in [4.78, 5) is 17.1. The second kappa shape index (κ2) is 8.08. The Morgan fingerprint density at radius 3 is 2.35 bits per heavy atom. The van der Waals surface area contributed by atoms with Gasteiger partial charge in [-0.1, -0.05) is 78.3 Å². The van der Waals surface area contributed by atoms with Crippen LogP contribution in [0.5, 0.6) is 0 Å². The quantitative estimate of drug-likeness (QED) is 0.467. The van der Waals surface area contributed by atoms with Gasteiger partial charge in [-0.3, -0.25) is 10.1 Å². The van der Waals surface area contributed by atoms with Crippen molar-refractivity contribution in [2.45, 2.75) is 6.04 Å². The Kier molecular flexibility index (Phi) is 4.98. The van der Waals surface area contributed by atoms with E-state index in [2.05, 4.69) is 26.8 Å². The highest BCUT2D eigenvalue weighted by Crippen LogP contribution is 2.35. The average molecular weight is 428 g/mol. The Balaban J connectivity index is 1.54. The molecule has 5 rings (SSSR count). The van der Waals surface area contributed by atoms with Gasteiger partial charge in [-0.15, -0.1) is 5.10 Å². The van der Waals surface area contributed by atoms with Gasteiger partial charge in [0.1, 0.15) is 6.04 Å². The Bertz CT molecular complexity index is 1270. The lowest BCUT2D eigenvalue weighted by Gasteiger charge is -2.24. The van der Waals surface area contributed by atoms with Crippen LogP contribution in [0.4, 0.5) is 11.9 Å². The number of amides is 1. The molecule has 31 heavy (non-hydrogen) atoms. The van der Waals surface area contributed by atoms with Crippen LogP contribution in [-0.2, 0) is 0 Å². The summed E-state index contributed by atoms with van der Waals surface area (Å²) in [5, 5.41) is 11.3. The zero-order valence-corrected chi connectivity index (χ0v) is 17.1. The summed E-state index contributed by atoms with van der Waals surface area (Å²) < 4.78 is 1.73. The predicted molar refractivity (Wildman–Crippen MR) is 122 cm³/mol. The lowest BCUT2D eigenvalue weighted by molar-refractivity contribution is 0.102. The van der Waals surface area contributed by atoms with E-state index in [0.29, 0.717) is 16.5 Å². The number of hydrogen-bond donors (Lipinski definition) is 2. The summed E-state index contributed by atoms with van der Waals surface area (Å²) in [6, 6.07) is 26.3. The van der Waals surface area contributed by atoms with E-state index in [9.17, 15) is 4.79 Å². The molecule has 7 heteroatoms. The molecule has 3 aromatic carbocycles. The van der Waals surface area contributed by atoms with Crippen molar-refractivity contribution in [1.29, 1.82) is 0 Å². The summed E-state index contributed by atoms with van der Waals surface area (Å²) in [6.07, 6.45) is 2.06. The van der Waals surface area contributed by atoms with Crippen LogP contribution in [0.1, 0.15) is 27.5 Å². The van der Waals surface area contributed by atoms with E-state index in [4.69, 9.17) is 11.6 Å². The van der Waals surface area contributed by atoms with Crippen LogP contribution in [0, 0.1) is 0 Å². The average Bonchev–Trinajstić information content (AvgIpc) is 3.22. The highest BCUT2D eigenvalue weighted by molar-refractivity contribution is 6.31. The van der Waals surface area contributed by atoms with E-state index in [1.165, 1.54) is 0 Å². The summed E-state index contributed by atoms with van der Waals surface area (Å²) in [7, 11) is 0. The third-order valence-electron chi connectivity index (χ3n) is 5.04. The molecular weight excluding hydrogens is 410 g/mol. The zero-order valence-electron chi connectivity index (χ0n) is 16.4. The van der Waals surface area contributed by atoms with E-state index in [-0.39, 0.29) is 17.9 Å². The van der Waals surface area contributed by atoms with Crippen molar-refractivity contribution in [2.75, 3.05) is 10.6 Å². The molecule has 0 unspecified atom stereocenters. The molecule has 1 atom stereocenters. The van der Waals surface area contributed by atoms with Gasteiger partial charge in [0.05, 0.1) is 0 Å². The molecule has 0 saturated carbocycles. The van der Waals surface area contributed by atoms with Crippen molar-refractivity contribution < 1.29 is 4.79 Å². The number of carbonyl (C=O) groups excluding carboxylic acids is 1. The largest absolute Gasteiger partial charge is 0.324 e. The highest BCUT2D eigenvalue weighted by atomic mass is 35.5. The molecule has 1 amide bonds. The van der Waals surface area contributed by atoms with Gasteiger partial charge in [-0.2, -0.15) is 4.98 Å². The van der Waals surface area contributed by atoms with Crippen molar-refractivity contribution in [2.24, 2.45) is 0 Å². The Hall–Kier alpha value is -3.90. The molecule has 1 aromatic heterocycles. The van der Waals surface area contributed by atoms with Crippen molar-refractivity contribution in [3.05, 3.63) is 113 Å². The molecule has 2 heterocycles. The number of hydrogen-bond acceptors (Lipinski definition) is 4. The van der Waals surface area contributed by atoms with E-state index in [1.807, 2.05) is 72.8 Å². The summed E-state index contributed by atoms with van der Waals surface area (Å²) in [5.74, 6) is 0.472. The maximum Gasteiger partial charge on any atom is 0.258 e. The molecule has 2 N–H and O–H groups in total. The molecule has 0 spiro atoms. The summed E-state index contributed by atoms with van der Waals surface area (Å²) in [5.41, 5.74) is 3.34. The van der Waals surface area contributed by atoms with Crippen LogP contribution in [0.25, 0.3) is 5.70 Å². The van der Waals surface area contributed by atoms with Crippen molar-refractivity contribution in [3.8, 4) is 0 Å². The molecule has 0 fully saturated rings. The molecule has 1 aliphatic rings. The molecule has 1 aliphatic heterocycles. The maximum absolute atomic E-state index is 12.6. The van der Waals surface area contributed by atoms with Crippen LogP contribution in [0.3, 0.4) is 0 Å². The second-order valence-corrected chi connectivity index (χ2v) is 7.47. The van der Waals surface area contributed by atoms with Gasteiger partial charge in [-0.25, -0.2) is 4.68 Å². The van der Waals surface area contributed by atoms with Crippen LogP contribution in [0.2, 0.25) is 5.02 Å². The molecule has 6 nitrogen and oxygen atoms in total. The number of aromatic nitrogens is 3. The monoisotopic (exact) mass is 427 g/mol. The van der Waals surface area contributed by atoms with Gasteiger partial charge in [0.25, 0.3) is 11.9 Å². The number of fused-ring (bicyclic) bond motifs is 1. The topological polar surface area (TPSA) is 71.8 Å². The van der Waals surface area contributed by atoms with Crippen molar-refractivity contribution >= 4 is 35.1 Å². The fourth-order valence-corrected chi connectivity index (χ4v) is 3.78. The number of benzene rings is 3. The molecule has 0 bridgehead atoms. The minimum Gasteiger partial charge on any atom is -0.324 e. The van der Waals surface area contributed by atoms with Gasteiger partial charge in [0.15, 0.2) is 0 Å². The number of nitrogens with one attached hydrogen (secondary N) is 2. The fraction of sp³-hybridized carbons (Fsp3) is 0.0417. The molecule has 0 saturated heterocycles. The van der Waals surface area contributed by atoms with Gasteiger partial charge in [0, 0.05) is 16.3 Å². The summed E-state index contributed by atoms with van der Waals surface area (Å²) >= 11 is 6.51. The van der Waals surface area contributed by atoms with Gasteiger partial charge >= 0.3 is 0 Å². The van der Waals surface area contributed by atoms with Crippen molar-refractivity contribution in [3.63, 3.8) is 0 Å². The maximum atomic E-state index is 12.6. The first-order valence-electron chi connectivity index (χ1n) is 9.81. The van der Waals surface area contributed by atoms with Gasteiger partial charge < -0.3 is 5.32 Å². The third-order valence-corrected chi connectivity index (χ3v) is 5.38. The minimum absolute atomic E-state index is 0.219. The van der Waals surface area contributed by atoms with Gasteiger partial charge in [0.2, 0.25) is 5.95 Å².